The quantitative estimate of drug-likeness (QED) is 0.517. The lowest BCUT2D eigenvalue weighted by molar-refractivity contribution is -0.145. The first kappa shape index (κ1) is 15.5. The predicted molar refractivity (Wildman–Crippen MR) is 82.2 cm³/mol. The average molecular weight is 308 g/mol. The topological polar surface area (TPSA) is 61.8 Å². The molecule has 2 rings (SSSR count). The molecule has 5 nitrogen and oxygen atoms in total. The summed E-state index contributed by atoms with van der Waals surface area (Å²) in [5, 5.41) is 4.38. The van der Waals surface area contributed by atoms with Gasteiger partial charge in [0.05, 0.1) is 6.21 Å². The van der Waals surface area contributed by atoms with E-state index < -0.39 is 11.8 Å². The molecule has 1 aliphatic heterocycles. The SMILES string of the molecule is O=C(N/N=C\c1cccc(Cl)c1)C(=O)N1CCCCCC1. The predicted octanol–water partition coefficient (Wildman–Crippen LogP) is 2.19. The van der Waals surface area contributed by atoms with Gasteiger partial charge in [-0.3, -0.25) is 9.59 Å². The zero-order valence-electron chi connectivity index (χ0n) is 11.7. The third-order valence-corrected chi connectivity index (χ3v) is 3.55. The monoisotopic (exact) mass is 307 g/mol. The number of nitrogens with zero attached hydrogens (tertiary/aromatic N) is 2. The largest absolute Gasteiger partial charge is 0.334 e. The van der Waals surface area contributed by atoms with Crippen LogP contribution in [0.25, 0.3) is 0 Å². The molecule has 1 aromatic rings. The van der Waals surface area contributed by atoms with Crippen molar-refractivity contribution in [1.29, 1.82) is 0 Å². The molecule has 0 bridgehead atoms. The molecule has 6 heteroatoms. The van der Waals surface area contributed by atoms with Gasteiger partial charge in [-0.1, -0.05) is 36.6 Å². The maximum Gasteiger partial charge on any atom is 0.329 e. The fourth-order valence-electron chi connectivity index (χ4n) is 2.22. The standard InChI is InChI=1S/C15H18ClN3O2/c16-13-7-5-6-12(10-13)11-17-18-14(20)15(21)19-8-3-1-2-4-9-19/h5-7,10-11H,1-4,8-9H2,(H,18,20)/b17-11-. The summed E-state index contributed by atoms with van der Waals surface area (Å²) in [6.07, 6.45) is 5.58. The van der Waals surface area contributed by atoms with Gasteiger partial charge < -0.3 is 4.90 Å². The summed E-state index contributed by atoms with van der Waals surface area (Å²) in [6.45, 7) is 1.29. The van der Waals surface area contributed by atoms with Crippen molar-refractivity contribution >= 4 is 29.6 Å². The number of rotatable bonds is 2. The third kappa shape index (κ3) is 4.86. The van der Waals surface area contributed by atoms with E-state index in [0.717, 1.165) is 31.2 Å². The van der Waals surface area contributed by atoms with E-state index in [1.807, 2.05) is 0 Å². The van der Waals surface area contributed by atoms with Crippen molar-refractivity contribution in [1.82, 2.24) is 10.3 Å². The van der Waals surface area contributed by atoms with Crippen LogP contribution >= 0.6 is 11.6 Å². The molecule has 2 amide bonds. The Kier molecular flexibility index (Phi) is 5.75. The van der Waals surface area contributed by atoms with E-state index >= 15 is 0 Å². The fourth-order valence-corrected chi connectivity index (χ4v) is 2.42. The minimum Gasteiger partial charge on any atom is -0.334 e. The summed E-state index contributed by atoms with van der Waals surface area (Å²) in [5.41, 5.74) is 3.02. The first-order valence-electron chi connectivity index (χ1n) is 7.05. The number of amides is 2. The Morgan fingerprint density at radius 1 is 1.19 bits per heavy atom. The molecule has 0 saturated carbocycles. The third-order valence-electron chi connectivity index (χ3n) is 3.32. The second-order valence-electron chi connectivity index (χ2n) is 4.96. The number of nitrogens with one attached hydrogen (secondary N) is 1. The number of benzene rings is 1. The lowest BCUT2D eigenvalue weighted by Gasteiger charge is -2.18. The minimum atomic E-state index is -0.699. The van der Waals surface area contributed by atoms with Gasteiger partial charge in [-0.25, -0.2) is 5.43 Å². The smallest absolute Gasteiger partial charge is 0.329 e. The van der Waals surface area contributed by atoms with Crippen LogP contribution in [0, 0.1) is 0 Å². The van der Waals surface area contributed by atoms with Crippen molar-refractivity contribution in [3.05, 3.63) is 34.9 Å². The zero-order chi connectivity index (χ0) is 15.1. The minimum absolute atomic E-state index is 0.514. The van der Waals surface area contributed by atoms with Gasteiger partial charge in [-0.2, -0.15) is 5.10 Å². The van der Waals surface area contributed by atoms with Crippen LogP contribution in [-0.2, 0) is 9.59 Å². The maximum atomic E-state index is 12.0. The van der Waals surface area contributed by atoms with Gasteiger partial charge in [0.25, 0.3) is 0 Å². The molecular weight excluding hydrogens is 290 g/mol. The van der Waals surface area contributed by atoms with Gasteiger partial charge in [0, 0.05) is 18.1 Å². The molecule has 21 heavy (non-hydrogen) atoms. The van der Waals surface area contributed by atoms with E-state index in [1.165, 1.54) is 6.21 Å². The number of carbonyl (C=O) groups is 2. The highest BCUT2D eigenvalue weighted by Gasteiger charge is 2.21. The van der Waals surface area contributed by atoms with Crippen LogP contribution < -0.4 is 5.43 Å². The lowest BCUT2D eigenvalue weighted by atomic mass is 10.2. The van der Waals surface area contributed by atoms with Crippen LogP contribution in [0.2, 0.25) is 5.02 Å². The van der Waals surface area contributed by atoms with Gasteiger partial charge in [-0.15, -0.1) is 0 Å². The number of hydrogen-bond donors (Lipinski definition) is 1. The van der Waals surface area contributed by atoms with Gasteiger partial charge in [0.15, 0.2) is 0 Å². The van der Waals surface area contributed by atoms with Crippen LogP contribution in [0.15, 0.2) is 29.4 Å². The maximum absolute atomic E-state index is 12.0. The molecule has 1 aliphatic rings. The molecule has 1 fully saturated rings. The molecule has 0 aromatic heterocycles. The number of likely N-dealkylation sites (tertiary alicyclic amines) is 1. The van der Waals surface area contributed by atoms with E-state index in [2.05, 4.69) is 10.5 Å². The summed E-state index contributed by atoms with van der Waals surface area (Å²) in [4.78, 5) is 25.3. The molecule has 112 valence electrons. The van der Waals surface area contributed by atoms with Gasteiger partial charge in [0.2, 0.25) is 0 Å². The second-order valence-corrected chi connectivity index (χ2v) is 5.40. The second kappa shape index (κ2) is 7.78. The summed E-state index contributed by atoms with van der Waals surface area (Å²) < 4.78 is 0. The number of carbonyl (C=O) groups excluding carboxylic acids is 2. The van der Waals surface area contributed by atoms with Crippen molar-refractivity contribution in [2.45, 2.75) is 25.7 Å². The number of hydrazone groups is 1. The lowest BCUT2D eigenvalue weighted by Crippen LogP contribution is -2.41. The summed E-state index contributed by atoms with van der Waals surface area (Å²) in [6, 6.07) is 7.06. The van der Waals surface area contributed by atoms with Crippen LogP contribution in [0.1, 0.15) is 31.2 Å². The molecule has 1 aromatic carbocycles. The van der Waals surface area contributed by atoms with E-state index in [9.17, 15) is 9.59 Å². The Balaban J connectivity index is 1.87. The van der Waals surface area contributed by atoms with Crippen molar-refractivity contribution < 1.29 is 9.59 Å². The van der Waals surface area contributed by atoms with Crippen molar-refractivity contribution in [2.75, 3.05) is 13.1 Å². The van der Waals surface area contributed by atoms with E-state index in [4.69, 9.17) is 11.6 Å². The van der Waals surface area contributed by atoms with Crippen LogP contribution in [0.3, 0.4) is 0 Å². The van der Waals surface area contributed by atoms with Crippen molar-refractivity contribution in [3.63, 3.8) is 0 Å². The summed E-state index contributed by atoms with van der Waals surface area (Å²) >= 11 is 5.84. The average Bonchev–Trinajstić information content (AvgIpc) is 2.75. The highest BCUT2D eigenvalue weighted by Crippen LogP contribution is 2.10. The van der Waals surface area contributed by atoms with E-state index in [0.29, 0.717) is 18.1 Å². The van der Waals surface area contributed by atoms with Crippen LogP contribution in [0.4, 0.5) is 0 Å². The Hall–Kier alpha value is -1.88. The van der Waals surface area contributed by atoms with Crippen molar-refractivity contribution in [3.8, 4) is 0 Å². The highest BCUT2D eigenvalue weighted by atomic mass is 35.5. The Morgan fingerprint density at radius 3 is 2.57 bits per heavy atom. The van der Waals surface area contributed by atoms with Crippen LogP contribution in [0.5, 0.6) is 0 Å². The van der Waals surface area contributed by atoms with Crippen molar-refractivity contribution in [2.24, 2.45) is 5.10 Å². The summed E-state index contributed by atoms with van der Waals surface area (Å²) in [5.74, 6) is -1.21. The molecule has 1 N–H and O–H groups in total. The summed E-state index contributed by atoms with van der Waals surface area (Å²) in [7, 11) is 0. The molecule has 0 unspecified atom stereocenters. The molecule has 0 spiro atoms. The molecule has 1 saturated heterocycles. The zero-order valence-corrected chi connectivity index (χ0v) is 12.5. The number of hydrogen-bond acceptors (Lipinski definition) is 3. The first-order valence-corrected chi connectivity index (χ1v) is 7.42. The normalized spacial score (nSPS) is 15.8. The molecule has 0 radical (unpaired) electrons. The fraction of sp³-hybridized carbons (Fsp3) is 0.400. The first-order chi connectivity index (χ1) is 10.2. The Labute approximate surface area is 129 Å². The Bertz CT molecular complexity index is 537. The van der Waals surface area contributed by atoms with E-state index in [1.54, 1.807) is 29.2 Å². The molecule has 0 atom stereocenters. The van der Waals surface area contributed by atoms with Gasteiger partial charge in [0.1, 0.15) is 0 Å². The molecular formula is C15H18ClN3O2. The number of halogens is 1. The molecule has 1 heterocycles. The molecule has 0 aliphatic carbocycles. The van der Waals surface area contributed by atoms with Crippen LogP contribution in [-0.4, -0.2) is 36.0 Å². The van der Waals surface area contributed by atoms with Gasteiger partial charge in [-0.05, 0) is 30.5 Å². The van der Waals surface area contributed by atoms with Gasteiger partial charge >= 0.3 is 11.8 Å². The Morgan fingerprint density at radius 2 is 1.90 bits per heavy atom. The van der Waals surface area contributed by atoms with E-state index in [-0.39, 0.29) is 0 Å². The highest BCUT2D eigenvalue weighted by molar-refractivity contribution is 6.35.